The first-order valence-electron chi connectivity index (χ1n) is 8.42. The van der Waals surface area contributed by atoms with E-state index < -0.39 is 0 Å². The summed E-state index contributed by atoms with van der Waals surface area (Å²) in [6.45, 7) is 0.507. The summed E-state index contributed by atoms with van der Waals surface area (Å²) in [5, 5.41) is 13.7. The topological polar surface area (TPSA) is 76.1 Å². The maximum atomic E-state index is 13.6. The Kier molecular flexibility index (Phi) is 5.94. The van der Waals surface area contributed by atoms with Gasteiger partial charge in [0.25, 0.3) is 5.91 Å². The molecule has 0 fully saturated rings. The fourth-order valence-corrected chi connectivity index (χ4v) is 2.44. The molecule has 6 nitrogen and oxygen atoms in total. The second-order valence-corrected chi connectivity index (χ2v) is 5.75. The van der Waals surface area contributed by atoms with Crippen LogP contribution >= 0.6 is 0 Å². The van der Waals surface area contributed by atoms with Gasteiger partial charge in [-0.3, -0.25) is 4.79 Å². The number of rotatable bonds is 7. The minimum atomic E-state index is -0.356. The van der Waals surface area contributed by atoms with Crippen molar-refractivity contribution >= 4 is 17.4 Å². The smallest absolute Gasteiger partial charge is 0.276 e. The van der Waals surface area contributed by atoms with Gasteiger partial charge in [-0.1, -0.05) is 18.2 Å². The lowest BCUT2D eigenvalue weighted by molar-refractivity contribution is 0.102. The van der Waals surface area contributed by atoms with Crippen LogP contribution in [0, 0.1) is 5.82 Å². The number of benzene rings is 2. The fraction of sp³-hybridized carbons (Fsp3) is 0.150. The molecular formula is C20H19FN4O2. The largest absolute Gasteiger partial charge is 0.497 e. The molecule has 7 heteroatoms. The summed E-state index contributed by atoms with van der Waals surface area (Å²) < 4.78 is 18.6. The quantitative estimate of drug-likeness (QED) is 0.669. The van der Waals surface area contributed by atoms with Crippen molar-refractivity contribution in [2.75, 3.05) is 24.3 Å². The number of nitrogens with zero attached hydrogens (tertiary/aromatic N) is 2. The van der Waals surface area contributed by atoms with Gasteiger partial charge in [-0.05, 0) is 54.4 Å². The zero-order valence-electron chi connectivity index (χ0n) is 14.8. The van der Waals surface area contributed by atoms with E-state index in [1.807, 2.05) is 0 Å². The van der Waals surface area contributed by atoms with Crippen molar-refractivity contribution in [3.8, 4) is 5.75 Å². The molecule has 0 atom stereocenters. The third kappa shape index (κ3) is 5.01. The molecule has 0 bridgehead atoms. The first-order chi connectivity index (χ1) is 13.2. The first kappa shape index (κ1) is 18.3. The summed E-state index contributed by atoms with van der Waals surface area (Å²) in [4.78, 5) is 12.2. The Morgan fingerprint density at radius 2 is 1.81 bits per heavy atom. The highest BCUT2D eigenvalue weighted by Gasteiger charge is 2.09. The van der Waals surface area contributed by atoms with Crippen LogP contribution in [0.4, 0.5) is 15.9 Å². The average molecular weight is 366 g/mol. The van der Waals surface area contributed by atoms with E-state index in [9.17, 15) is 9.18 Å². The van der Waals surface area contributed by atoms with Gasteiger partial charge in [0.1, 0.15) is 17.4 Å². The average Bonchev–Trinajstić information content (AvgIpc) is 2.70. The molecule has 0 aliphatic heterocycles. The van der Waals surface area contributed by atoms with Crippen LogP contribution in [-0.2, 0) is 6.42 Å². The van der Waals surface area contributed by atoms with Crippen LogP contribution in [0.1, 0.15) is 16.1 Å². The van der Waals surface area contributed by atoms with Crippen molar-refractivity contribution in [1.29, 1.82) is 0 Å². The van der Waals surface area contributed by atoms with Crippen molar-refractivity contribution in [3.63, 3.8) is 0 Å². The normalized spacial score (nSPS) is 10.3. The Hall–Kier alpha value is -3.48. The van der Waals surface area contributed by atoms with Gasteiger partial charge in [0.05, 0.1) is 7.11 Å². The number of ether oxygens (including phenoxy) is 1. The highest BCUT2D eigenvalue weighted by Crippen LogP contribution is 2.15. The Morgan fingerprint density at radius 1 is 1.04 bits per heavy atom. The first-order valence-corrected chi connectivity index (χ1v) is 8.42. The number of hydrogen-bond donors (Lipinski definition) is 2. The highest BCUT2D eigenvalue weighted by molar-refractivity contribution is 6.02. The maximum absolute atomic E-state index is 13.6. The molecule has 2 N–H and O–H groups in total. The third-order valence-electron chi connectivity index (χ3n) is 3.90. The zero-order chi connectivity index (χ0) is 19.1. The maximum Gasteiger partial charge on any atom is 0.276 e. The number of anilines is 2. The van der Waals surface area contributed by atoms with Crippen LogP contribution in [0.25, 0.3) is 0 Å². The standard InChI is InChI=1S/C20H19FN4O2/c1-27-16-8-6-15(7-9-16)23-20(26)18-10-11-19(25-24-18)22-13-12-14-4-2-3-5-17(14)21/h2-11H,12-13H2,1H3,(H,22,25)(H,23,26). The lowest BCUT2D eigenvalue weighted by Crippen LogP contribution is -2.15. The molecule has 2 aromatic carbocycles. The molecule has 3 rings (SSSR count). The summed E-state index contributed by atoms with van der Waals surface area (Å²) in [5.41, 5.74) is 1.47. The molecule has 0 unspecified atom stereocenters. The number of carbonyl (C=O) groups excluding carboxylic acids is 1. The Balaban J connectivity index is 1.53. The van der Waals surface area contributed by atoms with Gasteiger partial charge in [0.15, 0.2) is 5.69 Å². The van der Waals surface area contributed by atoms with E-state index in [1.165, 1.54) is 6.07 Å². The van der Waals surface area contributed by atoms with Crippen LogP contribution in [0.2, 0.25) is 0 Å². The number of methoxy groups -OCH3 is 1. The minimum Gasteiger partial charge on any atom is -0.497 e. The predicted molar refractivity (Wildman–Crippen MR) is 102 cm³/mol. The summed E-state index contributed by atoms with van der Waals surface area (Å²) >= 11 is 0. The minimum absolute atomic E-state index is 0.200. The molecular weight excluding hydrogens is 347 g/mol. The number of hydrogen-bond acceptors (Lipinski definition) is 5. The number of halogens is 1. The molecule has 0 saturated heterocycles. The third-order valence-corrected chi connectivity index (χ3v) is 3.90. The van der Waals surface area contributed by atoms with E-state index >= 15 is 0 Å². The monoisotopic (exact) mass is 366 g/mol. The number of amides is 1. The van der Waals surface area contributed by atoms with Crippen LogP contribution in [0.5, 0.6) is 5.75 Å². The van der Waals surface area contributed by atoms with Gasteiger partial charge in [-0.2, -0.15) is 0 Å². The lowest BCUT2D eigenvalue weighted by Gasteiger charge is -2.07. The number of aromatic nitrogens is 2. The van der Waals surface area contributed by atoms with E-state index in [4.69, 9.17) is 4.74 Å². The molecule has 0 saturated carbocycles. The Bertz CT molecular complexity index is 899. The summed E-state index contributed by atoms with van der Waals surface area (Å²) in [6.07, 6.45) is 0.522. The van der Waals surface area contributed by atoms with Crippen LogP contribution in [-0.4, -0.2) is 29.8 Å². The predicted octanol–water partition coefficient (Wildman–Crippen LogP) is 3.53. The second-order valence-electron chi connectivity index (χ2n) is 5.75. The summed E-state index contributed by atoms with van der Waals surface area (Å²) in [5.74, 6) is 0.646. The number of nitrogens with one attached hydrogen (secondary N) is 2. The Morgan fingerprint density at radius 3 is 2.48 bits per heavy atom. The van der Waals surface area contributed by atoms with Crippen molar-refractivity contribution < 1.29 is 13.9 Å². The highest BCUT2D eigenvalue weighted by atomic mass is 19.1. The SMILES string of the molecule is COc1ccc(NC(=O)c2ccc(NCCc3ccccc3F)nn2)cc1. The summed E-state index contributed by atoms with van der Waals surface area (Å²) in [7, 11) is 1.58. The van der Waals surface area contributed by atoms with Crippen LogP contribution < -0.4 is 15.4 Å². The molecule has 1 amide bonds. The van der Waals surface area contributed by atoms with Crippen LogP contribution in [0.15, 0.2) is 60.7 Å². The molecule has 1 aromatic heterocycles. The van der Waals surface area contributed by atoms with E-state index in [2.05, 4.69) is 20.8 Å². The molecule has 1 heterocycles. The molecule has 0 aliphatic carbocycles. The van der Waals surface area contributed by atoms with E-state index in [1.54, 1.807) is 61.7 Å². The number of carbonyl (C=O) groups is 1. The van der Waals surface area contributed by atoms with E-state index in [0.717, 1.165) is 0 Å². The van der Waals surface area contributed by atoms with Gasteiger partial charge >= 0.3 is 0 Å². The van der Waals surface area contributed by atoms with Crippen molar-refractivity contribution in [2.24, 2.45) is 0 Å². The molecule has 0 aliphatic rings. The van der Waals surface area contributed by atoms with Gasteiger partial charge in [0, 0.05) is 12.2 Å². The van der Waals surface area contributed by atoms with E-state index in [-0.39, 0.29) is 17.4 Å². The second kappa shape index (κ2) is 8.75. The molecule has 0 radical (unpaired) electrons. The fourth-order valence-electron chi connectivity index (χ4n) is 2.44. The molecule has 138 valence electrons. The van der Waals surface area contributed by atoms with Gasteiger partial charge in [0.2, 0.25) is 0 Å². The molecule has 27 heavy (non-hydrogen) atoms. The lowest BCUT2D eigenvalue weighted by atomic mass is 10.1. The van der Waals surface area contributed by atoms with Crippen molar-refractivity contribution in [1.82, 2.24) is 10.2 Å². The van der Waals surface area contributed by atoms with Gasteiger partial charge in [-0.25, -0.2) is 4.39 Å². The van der Waals surface area contributed by atoms with E-state index in [0.29, 0.717) is 35.8 Å². The van der Waals surface area contributed by atoms with Crippen molar-refractivity contribution in [3.05, 3.63) is 77.7 Å². The Labute approximate surface area is 156 Å². The van der Waals surface area contributed by atoms with Gasteiger partial charge < -0.3 is 15.4 Å². The van der Waals surface area contributed by atoms with Crippen LogP contribution in [0.3, 0.4) is 0 Å². The summed E-state index contributed by atoms with van der Waals surface area (Å²) in [6, 6.07) is 16.9. The molecule has 3 aromatic rings. The molecule has 0 spiro atoms. The van der Waals surface area contributed by atoms with Crippen molar-refractivity contribution in [2.45, 2.75) is 6.42 Å². The van der Waals surface area contributed by atoms with Gasteiger partial charge in [-0.15, -0.1) is 10.2 Å². The zero-order valence-corrected chi connectivity index (χ0v) is 14.8.